The smallest absolute Gasteiger partial charge is 0.257 e. The van der Waals surface area contributed by atoms with Crippen LogP contribution in [0.25, 0.3) is 11.3 Å². The van der Waals surface area contributed by atoms with Crippen LogP contribution < -0.4 is 4.90 Å². The van der Waals surface area contributed by atoms with E-state index in [9.17, 15) is 4.79 Å². The monoisotopic (exact) mass is 328 g/mol. The van der Waals surface area contributed by atoms with Gasteiger partial charge in [0, 0.05) is 18.4 Å². The molecule has 0 radical (unpaired) electrons. The second-order valence-electron chi connectivity index (χ2n) is 5.28. The highest BCUT2D eigenvalue weighted by Gasteiger charge is 2.21. The minimum Gasteiger partial charge on any atom is -0.274 e. The first-order valence-electron chi connectivity index (χ1n) is 7.86. The lowest BCUT2D eigenvalue weighted by atomic mass is 10.2. The van der Waals surface area contributed by atoms with E-state index in [0.717, 1.165) is 5.56 Å². The van der Waals surface area contributed by atoms with E-state index in [1.54, 1.807) is 6.20 Å². The summed E-state index contributed by atoms with van der Waals surface area (Å²) in [5.74, 6) is 2.55. The zero-order valence-electron chi connectivity index (χ0n) is 13.5. The number of hydrogen-bond acceptors (Lipinski definition) is 4. The van der Waals surface area contributed by atoms with Crippen LogP contribution >= 0.6 is 0 Å². The molecule has 0 atom stereocenters. The third-order valence-corrected chi connectivity index (χ3v) is 3.56. The minimum atomic E-state index is -0.170. The van der Waals surface area contributed by atoms with Crippen LogP contribution in [0.4, 0.5) is 11.6 Å². The number of amides is 1. The van der Waals surface area contributed by atoms with Crippen molar-refractivity contribution in [3.8, 4) is 23.6 Å². The third kappa shape index (κ3) is 3.88. The van der Waals surface area contributed by atoms with Crippen molar-refractivity contribution >= 4 is 17.5 Å². The molecule has 1 heterocycles. The first-order valence-corrected chi connectivity index (χ1v) is 7.86. The van der Waals surface area contributed by atoms with Crippen LogP contribution in [0.2, 0.25) is 0 Å². The Hall–Kier alpha value is -3.52. The van der Waals surface area contributed by atoms with Gasteiger partial charge in [-0.25, -0.2) is 9.88 Å². The van der Waals surface area contributed by atoms with E-state index in [2.05, 4.69) is 21.1 Å². The van der Waals surface area contributed by atoms with E-state index < -0.39 is 0 Å². The molecule has 0 N–H and O–H groups in total. The van der Waals surface area contributed by atoms with Crippen molar-refractivity contribution in [1.82, 2.24) is 15.2 Å². The van der Waals surface area contributed by atoms with Crippen molar-refractivity contribution in [3.63, 3.8) is 0 Å². The van der Waals surface area contributed by atoms with Gasteiger partial charge in [-0.15, -0.1) is 17.4 Å². The number of para-hydroxylation sites is 1. The highest BCUT2D eigenvalue weighted by Crippen LogP contribution is 2.25. The van der Waals surface area contributed by atoms with Gasteiger partial charge in [0.25, 0.3) is 5.95 Å². The number of nitrogens with zero attached hydrogens (tertiary/aromatic N) is 4. The zero-order valence-corrected chi connectivity index (χ0v) is 13.5. The quantitative estimate of drug-likeness (QED) is 0.671. The molecule has 1 amide bonds. The molecule has 0 unspecified atom stereocenters. The normalized spacial score (nSPS) is 10.0. The zero-order chi connectivity index (χ0) is 17.5. The highest BCUT2D eigenvalue weighted by molar-refractivity contribution is 5.99. The molecule has 5 heteroatoms. The van der Waals surface area contributed by atoms with Crippen molar-refractivity contribution in [2.75, 3.05) is 4.90 Å². The maximum absolute atomic E-state index is 12.7. The van der Waals surface area contributed by atoms with Crippen molar-refractivity contribution in [1.29, 1.82) is 0 Å². The second-order valence-corrected chi connectivity index (χ2v) is 5.28. The predicted molar refractivity (Wildman–Crippen MR) is 96.9 cm³/mol. The standard InChI is InChI=1S/C20H16N4O/c1-2-3-14-19(25)24(17-12-8-5-9-13-17)20-22-18(15-21-23-20)16-10-6-4-7-11-16/h1,4-13,15H,3,14H2. The number of terminal acetylenes is 1. The fraction of sp³-hybridized carbons (Fsp3) is 0.100. The Balaban J connectivity index is 2.02. The van der Waals surface area contributed by atoms with E-state index in [1.165, 1.54) is 4.90 Å². The molecule has 0 aliphatic rings. The number of benzene rings is 2. The van der Waals surface area contributed by atoms with Crippen LogP contribution in [0.3, 0.4) is 0 Å². The van der Waals surface area contributed by atoms with Gasteiger partial charge in [-0.2, -0.15) is 5.10 Å². The van der Waals surface area contributed by atoms with E-state index in [-0.39, 0.29) is 18.3 Å². The first-order chi connectivity index (χ1) is 12.3. The predicted octanol–water partition coefficient (Wildman–Crippen LogP) is 3.62. The Morgan fingerprint density at radius 1 is 1.04 bits per heavy atom. The molecular formula is C20H16N4O. The van der Waals surface area contributed by atoms with E-state index in [1.807, 2.05) is 60.7 Å². The molecule has 0 bridgehead atoms. The van der Waals surface area contributed by atoms with Crippen LogP contribution in [0.1, 0.15) is 12.8 Å². The van der Waals surface area contributed by atoms with Crippen LogP contribution in [-0.4, -0.2) is 21.1 Å². The lowest BCUT2D eigenvalue weighted by Gasteiger charge is -2.20. The molecule has 0 saturated carbocycles. The molecule has 0 saturated heterocycles. The summed E-state index contributed by atoms with van der Waals surface area (Å²) < 4.78 is 0. The summed E-state index contributed by atoms with van der Waals surface area (Å²) in [4.78, 5) is 18.7. The highest BCUT2D eigenvalue weighted by atomic mass is 16.2. The van der Waals surface area contributed by atoms with Gasteiger partial charge in [0.15, 0.2) is 0 Å². The summed E-state index contributed by atoms with van der Waals surface area (Å²) in [7, 11) is 0. The maximum Gasteiger partial charge on any atom is 0.257 e. The fourth-order valence-corrected chi connectivity index (χ4v) is 2.38. The molecule has 3 aromatic rings. The Morgan fingerprint density at radius 3 is 2.40 bits per heavy atom. The lowest BCUT2D eigenvalue weighted by Crippen LogP contribution is -2.27. The molecule has 0 aliphatic heterocycles. The molecule has 0 spiro atoms. The SMILES string of the molecule is C#CCCC(=O)N(c1ccccc1)c1nncc(-c2ccccc2)n1. The van der Waals surface area contributed by atoms with Crippen LogP contribution in [0.5, 0.6) is 0 Å². The van der Waals surface area contributed by atoms with Crippen molar-refractivity contribution in [2.24, 2.45) is 0 Å². The molecule has 25 heavy (non-hydrogen) atoms. The second kappa shape index (κ2) is 7.84. The van der Waals surface area contributed by atoms with Gasteiger partial charge in [0.05, 0.1) is 17.6 Å². The number of anilines is 2. The molecule has 5 nitrogen and oxygen atoms in total. The van der Waals surface area contributed by atoms with Gasteiger partial charge in [-0.05, 0) is 12.1 Å². The average Bonchev–Trinajstić information content (AvgIpc) is 2.68. The molecule has 122 valence electrons. The summed E-state index contributed by atoms with van der Waals surface area (Å²) in [5, 5.41) is 8.09. The minimum absolute atomic E-state index is 0.170. The maximum atomic E-state index is 12.7. The van der Waals surface area contributed by atoms with E-state index in [4.69, 9.17) is 6.42 Å². The van der Waals surface area contributed by atoms with Gasteiger partial charge in [-0.1, -0.05) is 48.5 Å². The fourth-order valence-electron chi connectivity index (χ4n) is 2.38. The van der Waals surface area contributed by atoms with Crippen LogP contribution in [0.15, 0.2) is 66.9 Å². The summed E-state index contributed by atoms with van der Waals surface area (Å²) in [6.07, 6.45) is 7.44. The van der Waals surface area contributed by atoms with Gasteiger partial charge in [-0.3, -0.25) is 4.79 Å². The van der Waals surface area contributed by atoms with Crippen molar-refractivity contribution < 1.29 is 4.79 Å². The number of rotatable bonds is 5. The molecular weight excluding hydrogens is 312 g/mol. The Labute approximate surface area is 146 Å². The third-order valence-electron chi connectivity index (χ3n) is 3.56. The van der Waals surface area contributed by atoms with Crippen LogP contribution in [-0.2, 0) is 4.79 Å². The first kappa shape index (κ1) is 16.3. The molecule has 0 fully saturated rings. The molecule has 1 aromatic heterocycles. The Bertz CT molecular complexity index is 888. The summed E-state index contributed by atoms with van der Waals surface area (Å²) in [6, 6.07) is 18.9. The number of carbonyl (C=O) groups excluding carboxylic acids is 1. The van der Waals surface area contributed by atoms with E-state index in [0.29, 0.717) is 17.8 Å². The Kier molecular flexibility index (Phi) is 5.13. The van der Waals surface area contributed by atoms with Gasteiger partial charge in [0.1, 0.15) is 0 Å². The molecule has 2 aromatic carbocycles. The lowest BCUT2D eigenvalue weighted by molar-refractivity contribution is -0.117. The number of carbonyl (C=O) groups is 1. The van der Waals surface area contributed by atoms with Crippen molar-refractivity contribution in [2.45, 2.75) is 12.8 Å². The van der Waals surface area contributed by atoms with Crippen molar-refractivity contribution in [3.05, 3.63) is 66.9 Å². The van der Waals surface area contributed by atoms with Crippen LogP contribution in [0, 0.1) is 12.3 Å². The summed E-state index contributed by atoms with van der Waals surface area (Å²) >= 11 is 0. The summed E-state index contributed by atoms with van der Waals surface area (Å²) in [5.41, 5.74) is 2.23. The van der Waals surface area contributed by atoms with Gasteiger partial charge >= 0.3 is 0 Å². The molecule has 3 rings (SSSR count). The van der Waals surface area contributed by atoms with Gasteiger partial charge < -0.3 is 0 Å². The number of hydrogen-bond donors (Lipinski definition) is 0. The summed E-state index contributed by atoms with van der Waals surface area (Å²) in [6.45, 7) is 0. The van der Waals surface area contributed by atoms with Gasteiger partial charge in [0.2, 0.25) is 5.91 Å². The van der Waals surface area contributed by atoms with E-state index >= 15 is 0 Å². The number of aromatic nitrogens is 3. The average molecular weight is 328 g/mol. The molecule has 0 aliphatic carbocycles. The topological polar surface area (TPSA) is 59.0 Å². The Morgan fingerprint density at radius 2 is 1.72 bits per heavy atom. The largest absolute Gasteiger partial charge is 0.274 e.